The summed E-state index contributed by atoms with van der Waals surface area (Å²) in [5.74, 6) is 2.81. The number of Topliss-reactive ketones (excluding diaryl/α,β-unsaturated/α-hetero) is 1. The van der Waals surface area contributed by atoms with Gasteiger partial charge in [0.05, 0.1) is 24.2 Å². The molecule has 2 saturated heterocycles. The number of para-hydroxylation sites is 2. The number of hydrogen-bond acceptors (Lipinski definition) is 8. The van der Waals surface area contributed by atoms with E-state index < -0.39 is 0 Å². The van der Waals surface area contributed by atoms with E-state index in [-0.39, 0.29) is 23.5 Å². The number of amides is 1. The second kappa shape index (κ2) is 9.96. The maximum absolute atomic E-state index is 13.8. The topological polar surface area (TPSA) is 111 Å². The van der Waals surface area contributed by atoms with Crippen LogP contribution in [0, 0.1) is 11.8 Å². The molecule has 11 nitrogen and oxygen atoms in total. The first kappa shape index (κ1) is 25.1. The van der Waals surface area contributed by atoms with Crippen molar-refractivity contribution in [3.63, 3.8) is 0 Å². The molecule has 0 spiro atoms. The van der Waals surface area contributed by atoms with Crippen molar-refractivity contribution < 1.29 is 14.3 Å². The lowest BCUT2D eigenvalue weighted by Crippen LogP contribution is -2.41. The Morgan fingerprint density at radius 2 is 1.68 bits per heavy atom. The first-order valence-corrected chi connectivity index (χ1v) is 14.4. The van der Waals surface area contributed by atoms with E-state index in [2.05, 4.69) is 11.8 Å². The minimum Gasteiger partial charge on any atom is -0.378 e. The largest absolute Gasteiger partial charge is 0.378 e. The number of morpholine rings is 1. The van der Waals surface area contributed by atoms with E-state index in [0.29, 0.717) is 81.0 Å². The lowest BCUT2D eigenvalue weighted by molar-refractivity contribution is -0.133. The summed E-state index contributed by atoms with van der Waals surface area (Å²) in [6, 6.07) is 8.00. The summed E-state index contributed by atoms with van der Waals surface area (Å²) < 4.78 is 9.44. The van der Waals surface area contributed by atoms with E-state index in [1.54, 1.807) is 0 Å². The first-order chi connectivity index (χ1) is 19.5. The molecular weight excluding hydrogens is 508 g/mol. The Morgan fingerprint density at radius 3 is 2.40 bits per heavy atom. The molecule has 0 bridgehead atoms. The number of fused-ring (bicyclic) bond motifs is 2. The van der Waals surface area contributed by atoms with Crippen molar-refractivity contribution in [3.8, 4) is 5.95 Å². The molecule has 40 heavy (non-hydrogen) atoms. The average Bonchev–Trinajstić information content (AvgIpc) is 3.71. The monoisotopic (exact) mass is 542 g/mol. The zero-order valence-corrected chi connectivity index (χ0v) is 23.0. The third kappa shape index (κ3) is 4.23. The van der Waals surface area contributed by atoms with Gasteiger partial charge in [-0.1, -0.05) is 19.1 Å². The van der Waals surface area contributed by atoms with Crippen molar-refractivity contribution in [1.82, 2.24) is 34.0 Å². The van der Waals surface area contributed by atoms with Crippen molar-refractivity contribution in [2.45, 2.75) is 39.0 Å². The van der Waals surface area contributed by atoms with Crippen LogP contribution in [0.4, 0.5) is 5.82 Å². The van der Waals surface area contributed by atoms with Crippen LogP contribution in [-0.4, -0.2) is 85.1 Å². The van der Waals surface area contributed by atoms with Gasteiger partial charge in [-0.25, -0.2) is 9.97 Å². The number of aryl methyl sites for hydroxylation is 2. The standard InChI is InChI=1S/C29H34N8O3/c1-3-22-30-20-6-4-5-7-21(20)37(22)29-32-25-23(26(33-29)35-14-16-40-17-15-35)31-27(34(25)2)24(38)18-10-12-36(13-11-18)28(39)19-8-9-19/h4-7,18-19H,3,8-17H2,1-2H3. The number of ketones is 1. The molecule has 1 aliphatic carbocycles. The fourth-order valence-electron chi connectivity index (χ4n) is 6.02. The van der Waals surface area contributed by atoms with Crippen LogP contribution in [0.15, 0.2) is 24.3 Å². The number of piperidine rings is 1. The number of anilines is 1. The molecule has 7 rings (SSSR count). The van der Waals surface area contributed by atoms with Crippen molar-refractivity contribution in [2.24, 2.45) is 18.9 Å². The Balaban J connectivity index is 1.29. The molecule has 0 N–H and O–H groups in total. The van der Waals surface area contributed by atoms with Crippen LogP contribution in [0.5, 0.6) is 0 Å². The summed E-state index contributed by atoms with van der Waals surface area (Å²) in [4.78, 5) is 50.2. The molecule has 4 aromatic rings. The van der Waals surface area contributed by atoms with Crippen LogP contribution in [0.3, 0.4) is 0 Å². The number of benzene rings is 1. The van der Waals surface area contributed by atoms with Crippen LogP contribution < -0.4 is 4.90 Å². The molecule has 208 valence electrons. The number of likely N-dealkylation sites (tertiary alicyclic amines) is 1. The van der Waals surface area contributed by atoms with Crippen LogP contribution in [0.25, 0.3) is 28.1 Å². The molecule has 0 unspecified atom stereocenters. The number of rotatable bonds is 6. The van der Waals surface area contributed by atoms with Gasteiger partial charge < -0.3 is 19.1 Å². The van der Waals surface area contributed by atoms with E-state index in [4.69, 9.17) is 24.7 Å². The number of carbonyl (C=O) groups excluding carboxylic acids is 2. The Morgan fingerprint density at radius 1 is 0.925 bits per heavy atom. The van der Waals surface area contributed by atoms with E-state index in [1.165, 1.54) is 0 Å². The summed E-state index contributed by atoms with van der Waals surface area (Å²) in [6.45, 7) is 5.91. The van der Waals surface area contributed by atoms with Crippen LogP contribution >= 0.6 is 0 Å². The summed E-state index contributed by atoms with van der Waals surface area (Å²) >= 11 is 0. The molecule has 1 saturated carbocycles. The third-order valence-electron chi connectivity index (χ3n) is 8.47. The maximum Gasteiger partial charge on any atom is 0.239 e. The number of imidazole rings is 2. The molecule has 2 aliphatic heterocycles. The highest BCUT2D eigenvalue weighted by Gasteiger charge is 2.37. The molecular formula is C29H34N8O3. The molecule has 3 fully saturated rings. The lowest BCUT2D eigenvalue weighted by Gasteiger charge is -2.31. The van der Waals surface area contributed by atoms with Gasteiger partial charge in [-0.3, -0.25) is 14.2 Å². The molecule has 3 aliphatic rings. The molecule has 3 aromatic heterocycles. The van der Waals surface area contributed by atoms with Gasteiger partial charge in [-0.05, 0) is 37.8 Å². The third-order valence-corrected chi connectivity index (χ3v) is 8.47. The Labute approximate surface area is 232 Å². The minimum atomic E-state index is -0.165. The number of aromatic nitrogens is 6. The van der Waals surface area contributed by atoms with Crippen molar-refractivity contribution in [1.29, 1.82) is 0 Å². The zero-order valence-electron chi connectivity index (χ0n) is 23.0. The Hall–Kier alpha value is -3.86. The second-order valence-electron chi connectivity index (χ2n) is 11.1. The average molecular weight is 543 g/mol. The molecule has 1 aromatic carbocycles. The first-order valence-electron chi connectivity index (χ1n) is 14.4. The van der Waals surface area contributed by atoms with Crippen LogP contribution in [0.2, 0.25) is 0 Å². The maximum atomic E-state index is 13.8. The normalized spacial score (nSPS) is 18.6. The van der Waals surface area contributed by atoms with E-state index in [1.807, 2.05) is 45.3 Å². The highest BCUT2D eigenvalue weighted by molar-refractivity contribution is 5.99. The zero-order chi connectivity index (χ0) is 27.4. The van der Waals surface area contributed by atoms with Gasteiger partial charge in [0.1, 0.15) is 5.82 Å². The van der Waals surface area contributed by atoms with Crippen molar-refractivity contribution in [2.75, 3.05) is 44.3 Å². The molecule has 1 amide bonds. The van der Waals surface area contributed by atoms with Crippen LogP contribution in [-0.2, 0) is 23.0 Å². The van der Waals surface area contributed by atoms with Gasteiger partial charge in [0.2, 0.25) is 17.6 Å². The summed E-state index contributed by atoms with van der Waals surface area (Å²) in [7, 11) is 1.86. The number of carbonyl (C=O) groups is 2. The van der Waals surface area contributed by atoms with Crippen molar-refractivity contribution >= 4 is 39.7 Å². The lowest BCUT2D eigenvalue weighted by atomic mass is 9.92. The van der Waals surface area contributed by atoms with Gasteiger partial charge in [0.15, 0.2) is 22.8 Å². The Kier molecular flexibility index (Phi) is 6.25. The predicted octanol–water partition coefficient (Wildman–Crippen LogP) is 2.93. The van der Waals surface area contributed by atoms with Crippen molar-refractivity contribution in [3.05, 3.63) is 35.9 Å². The molecule has 0 radical (unpaired) electrons. The summed E-state index contributed by atoms with van der Waals surface area (Å²) in [5, 5.41) is 0. The summed E-state index contributed by atoms with van der Waals surface area (Å²) in [5.41, 5.74) is 3.08. The fourth-order valence-corrected chi connectivity index (χ4v) is 6.02. The van der Waals surface area contributed by atoms with E-state index in [0.717, 1.165) is 36.1 Å². The Bertz CT molecular complexity index is 1610. The minimum absolute atomic E-state index is 0.0100. The number of ether oxygens (including phenoxy) is 1. The molecule has 5 heterocycles. The number of hydrogen-bond donors (Lipinski definition) is 0. The van der Waals surface area contributed by atoms with Gasteiger partial charge >= 0.3 is 0 Å². The van der Waals surface area contributed by atoms with E-state index >= 15 is 0 Å². The highest BCUT2D eigenvalue weighted by Crippen LogP contribution is 2.34. The highest BCUT2D eigenvalue weighted by atomic mass is 16.5. The van der Waals surface area contributed by atoms with Gasteiger partial charge in [0, 0.05) is 51.5 Å². The smallest absolute Gasteiger partial charge is 0.239 e. The molecule has 0 atom stereocenters. The predicted molar refractivity (Wildman–Crippen MR) is 150 cm³/mol. The number of nitrogens with zero attached hydrogens (tertiary/aromatic N) is 8. The van der Waals surface area contributed by atoms with E-state index in [9.17, 15) is 9.59 Å². The van der Waals surface area contributed by atoms with Gasteiger partial charge in [0.25, 0.3) is 0 Å². The van der Waals surface area contributed by atoms with Gasteiger partial charge in [-0.2, -0.15) is 9.97 Å². The quantitative estimate of drug-likeness (QED) is 0.342. The molecule has 11 heteroatoms. The van der Waals surface area contributed by atoms with Crippen LogP contribution in [0.1, 0.15) is 49.1 Å². The summed E-state index contributed by atoms with van der Waals surface area (Å²) in [6.07, 6.45) is 4.05. The fraction of sp³-hybridized carbons (Fsp3) is 0.517. The SMILES string of the molecule is CCc1nc2ccccc2n1-c1nc(N2CCOCC2)c2nc(C(=O)C3CCN(C(=O)C4CC4)CC3)n(C)c2n1. The second-order valence-corrected chi connectivity index (χ2v) is 11.1. The van der Waals surface area contributed by atoms with Gasteiger partial charge in [-0.15, -0.1) is 0 Å².